The van der Waals surface area contributed by atoms with Crippen LogP contribution in [0.15, 0.2) is 65.2 Å². The average molecular weight is 325 g/mol. The van der Waals surface area contributed by atoms with E-state index in [2.05, 4.69) is 16.0 Å². The molecule has 3 aromatic rings. The zero-order valence-corrected chi connectivity index (χ0v) is 12.3. The van der Waals surface area contributed by atoms with E-state index < -0.39 is 17.6 Å². The standard InChI is InChI=1S/C17H12FN3O3/c18-13-8-6-12(7-9-13)16(22)19-20-17(23)15-10-14(21-24-15)11-4-2-1-3-5-11/h1-10H,(H,19,22)(H,20,23). The summed E-state index contributed by atoms with van der Waals surface area (Å²) >= 11 is 0. The normalized spacial score (nSPS) is 10.2. The van der Waals surface area contributed by atoms with E-state index in [0.29, 0.717) is 5.69 Å². The first kappa shape index (κ1) is 15.4. The Bertz CT molecular complexity index is 860. The number of rotatable bonds is 3. The molecule has 0 bridgehead atoms. The van der Waals surface area contributed by atoms with Crippen LogP contribution in [0.25, 0.3) is 11.3 Å². The van der Waals surface area contributed by atoms with Gasteiger partial charge in [-0.25, -0.2) is 4.39 Å². The molecule has 0 spiro atoms. The van der Waals surface area contributed by atoms with Crippen LogP contribution in [-0.2, 0) is 0 Å². The summed E-state index contributed by atoms with van der Waals surface area (Å²) < 4.78 is 17.8. The highest BCUT2D eigenvalue weighted by Crippen LogP contribution is 2.18. The summed E-state index contributed by atoms with van der Waals surface area (Å²) in [6.07, 6.45) is 0. The molecule has 6 nitrogen and oxygen atoms in total. The van der Waals surface area contributed by atoms with Crippen molar-refractivity contribution in [1.82, 2.24) is 16.0 Å². The molecular formula is C17H12FN3O3. The van der Waals surface area contributed by atoms with E-state index in [9.17, 15) is 14.0 Å². The Morgan fingerprint density at radius 2 is 1.58 bits per heavy atom. The van der Waals surface area contributed by atoms with Crippen LogP contribution in [0.1, 0.15) is 20.9 Å². The molecule has 3 rings (SSSR count). The largest absolute Gasteiger partial charge is 0.350 e. The minimum absolute atomic E-state index is 0.0479. The number of hydrogen-bond donors (Lipinski definition) is 2. The number of halogens is 1. The predicted molar refractivity (Wildman–Crippen MR) is 83.3 cm³/mol. The molecule has 2 amide bonds. The second-order valence-electron chi connectivity index (χ2n) is 4.86. The highest BCUT2D eigenvalue weighted by molar-refractivity contribution is 5.98. The van der Waals surface area contributed by atoms with E-state index in [1.807, 2.05) is 30.3 Å². The number of aromatic nitrogens is 1. The van der Waals surface area contributed by atoms with Crippen molar-refractivity contribution in [1.29, 1.82) is 0 Å². The Morgan fingerprint density at radius 1 is 0.917 bits per heavy atom. The SMILES string of the molecule is O=C(NNC(=O)c1cc(-c2ccccc2)no1)c1ccc(F)cc1. The molecule has 2 aromatic carbocycles. The van der Waals surface area contributed by atoms with Gasteiger partial charge in [-0.15, -0.1) is 0 Å². The highest BCUT2D eigenvalue weighted by Gasteiger charge is 2.15. The van der Waals surface area contributed by atoms with E-state index in [-0.39, 0.29) is 11.3 Å². The summed E-state index contributed by atoms with van der Waals surface area (Å²) in [6.45, 7) is 0. The molecule has 1 aromatic heterocycles. The number of carbonyl (C=O) groups is 2. The molecule has 0 saturated carbocycles. The van der Waals surface area contributed by atoms with E-state index in [1.165, 1.54) is 18.2 Å². The van der Waals surface area contributed by atoms with E-state index >= 15 is 0 Å². The van der Waals surface area contributed by atoms with Crippen LogP contribution in [0.2, 0.25) is 0 Å². The number of amides is 2. The van der Waals surface area contributed by atoms with Gasteiger partial charge in [0.25, 0.3) is 5.91 Å². The fraction of sp³-hybridized carbons (Fsp3) is 0. The maximum absolute atomic E-state index is 12.8. The molecule has 0 aliphatic rings. The first-order valence-electron chi connectivity index (χ1n) is 7.02. The lowest BCUT2D eigenvalue weighted by Gasteiger charge is -2.05. The number of nitrogens with one attached hydrogen (secondary N) is 2. The summed E-state index contributed by atoms with van der Waals surface area (Å²) in [5, 5.41) is 3.81. The van der Waals surface area contributed by atoms with Gasteiger partial charge in [-0.1, -0.05) is 35.5 Å². The average Bonchev–Trinajstić information content (AvgIpc) is 3.11. The first-order chi connectivity index (χ1) is 11.6. The summed E-state index contributed by atoms with van der Waals surface area (Å²) in [5.74, 6) is -1.73. The van der Waals surface area contributed by atoms with Crippen LogP contribution in [0.3, 0.4) is 0 Å². The minimum atomic E-state index is -0.653. The second-order valence-corrected chi connectivity index (χ2v) is 4.86. The molecule has 1 heterocycles. The molecule has 2 N–H and O–H groups in total. The summed E-state index contributed by atoms with van der Waals surface area (Å²) in [7, 11) is 0. The number of hydrogen-bond acceptors (Lipinski definition) is 4. The zero-order valence-electron chi connectivity index (χ0n) is 12.3. The topological polar surface area (TPSA) is 84.2 Å². The molecular weight excluding hydrogens is 313 g/mol. The Hall–Kier alpha value is -3.48. The monoisotopic (exact) mass is 325 g/mol. The van der Waals surface area contributed by atoms with Crippen molar-refractivity contribution in [3.8, 4) is 11.3 Å². The molecule has 24 heavy (non-hydrogen) atoms. The van der Waals surface area contributed by atoms with Gasteiger partial charge in [0.05, 0.1) is 0 Å². The Labute approximate surface area is 136 Å². The highest BCUT2D eigenvalue weighted by atomic mass is 19.1. The van der Waals surface area contributed by atoms with Crippen LogP contribution < -0.4 is 10.9 Å². The summed E-state index contributed by atoms with van der Waals surface area (Å²) in [5.41, 5.74) is 5.94. The van der Waals surface area contributed by atoms with Gasteiger partial charge in [-0.2, -0.15) is 0 Å². The van der Waals surface area contributed by atoms with Gasteiger partial charge in [0.2, 0.25) is 5.76 Å². The minimum Gasteiger partial charge on any atom is -0.350 e. The van der Waals surface area contributed by atoms with Crippen LogP contribution in [0, 0.1) is 5.82 Å². The van der Waals surface area contributed by atoms with Crippen LogP contribution >= 0.6 is 0 Å². The molecule has 0 aliphatic carbocycles. The molecule has 7 heteroatoms. The lowest BCUT2D eigenvalue weighted by Crippen LogP contribution is -2.41. The second kappa shape index (κ2) is 6.74. The summed E-state index contributed by atoms with van der Waals surface area (Å²) in [6, 6.07) is 15.6. The third-order valence-electron chi connectivity index (χ3n) is 3.20. The van der Waals surface area contributed by atoms with Gasteiger partial charge in [-0.3, -0.25) is 20.4 Å². The lowest BCUT2D eigenvalue weighted by molar-refractivity contribution is 0.0825. The smallest absolute Gasteiger partial charge is 0.308 e. The Morgan fingerprint density at radius 3 is 2.29 bits per heavy atom. The Kier molecular flexibility index (Phi) is 4.33. The van der Waals surface area contributed by atoms with Crippen molar-refractivity contribution in [3.63, 3.8) is 0 Å². The number of hydrazine groups is 1. The molecule has 0 radical (unpaired) electrons. The van der Waals surface area contributed by atoms with E-state index in [0.717, 1.165) is 17.7 Å². The lowest BCUT2D eigenvalue weighted by atomic mass is 10.1. The molecule has 0 unspecified atom stereocenters. The molecule has 120 valence electrons. The summed E-state index contributed by atoms with van der Waals surface area (Å²) in [4.78, 5) is 23.8. The van der Waals surface area contributed by atoms with Crippen LogP contribution in [0.4, 0.5) is 4.39 Å². The zero-order chi connectivity index (χ0) is 16.9. The maximum Gasteiger partial charge on any atom is 0.308 e. The first-order valence-corrected chi connectivity index (χ1v) is 7.02. The van der Waals surface area contributed by atoms with Gasteiger partial charge in [0.1, 0.15) is 11.5 Å². The Balaban J connectivity index is 1.62. The predicted octanol–water partition coefficient (Wildman–Crippen LogP) is 2.56. The van der Waals surface area contributed by atoms with Crippen LogP contribution in [-0.4, -0.2) is 17.0 Å². The van der Waals surface area contributed by atoms with Gasteiger partial charge in [0, 0.05) is 17.2 Å². The molecule has 0 aliphatic heterocycles. The van der Waals surface area contributed by atoms with Gasteiger partial charge in [-0.05, 0) is 24.3 Å². The van der Waals surface area contributed by atoms with Gasteiger partial charge in [0.15, 0.2) is 0 Å². The number of benzene rings is 2. The van der Waals surface area contributed by atoms with Crippen molar-refractivity contribution >= 4 is 11.8 Å². The van der Waals surface area contributed by atoms with Gasteiger partial charge >= 0.3 is 5.91 Å². The van der Waals surface area contributed by atoms with Crippen molar-refractivity contribution in [2.24, 2.45) is 0 Å². The van der Waals surface area contributed by atoms with E-state index in [1.54, 1.807) is 0 Å². The fourth-order valence-corrected chi connectivity index (χ4v) is 1.98. The maximum atomic E-state index is 12.8. The van der Waals surface area contributed by atoms with Crippen molar-refractivity contribution in [2.75, 3.05) is 0 Å². The van der Waals surface area contributed by atoms with Crippen molar-refractivity contribution < 1.29 is 18.5 Å². The fourth-order valence-electron chi connectivity index (χ4n) is 1.98. The van der Waals surface area contributed by atoms with Crippen molar-refractivity contribution in [2.45, 2.75) is 0 Å². The van der Waals surface area contributed by atoms with E-state index in [4.69, 9.17) is 4.52 Å². The molecule has 0 fully saturated rings. The van der Waals surface area contributed by atoms with Gasteiger partial charge < -0.3 is 4.52 Å². The van der Waals surface area contributed by atoms with Crippen molar-refractivity contribution in [3.05, 3.63) is 77.8 Å². The molecule has 0 atom stereocenters. The number of nitrogens with zero attached hydrogens (tertiary/aromatic N) is 1. The third kappa shape index (κ3) is 3.46. The third-order valence-corrected chi connectivity index (χ3v) is 3.20. The quantitative estimate of drug-likeness (QED) is 0.725. The van der Waals surface area contributed by atoms with Crippen LogP contribution in [0.5, 0.6) is 0 Å². The molecule has 0 saturated heterocycles. The number of carbonyl (C=O) groups excluding carboxylic acids is 2.